The third kappa shape index (κ3) is 6.15. The summed E-state index contributed by atoms with van der Waals surface area (Å²) >= 11 is 0. The van der Waals surface area contributed by atoms with Gasteiger partial charge >= 0.3 is 0 Å². The van der Waals surface area contributed by atoms with Crippen LogP contribution in [0, 0.1) is 0 Å². The smallest absolute Gasteiger partial charge is 0.246 e. The zero-order chi connectivity index (χ0) is 24.6. The van der Waals surface area contributed by atoms with Gasteiger partial charge in [-0.25, -0.2) is 0 Å². The minimum atomic E-state index is 0.0469. The quantitative estimate of drug-likeness (QED) is 0.353. The number of aromatic nitrogens is 3. The van der Waals surface area contributed by atoms with Gasteiger partial charge in [0.15, 0.2) is 0 Å². The van der Waals surface area contributed by atoms with Crippen LogP contribution in [0.15, 0.2) is 97.5 Å². The van der Waals surface area contributed by atoms with Gasteiger partial charge in [0.25, 0.3) is 0 Å². The fraction of sp³-hybridized carbons (Fsp3) is 0.233. The lowest BCUT2D eigenvalue weighted by atomic mass is 10.1. The van der Waals surface area contributed by atoms with Crippen molar-refractivity contribution in [2.24, 2.45) is 0 Å². The molecule has 1 fully saturated rings. The van der Waals surface area contributed by atoms with Crippen molar-refractivity contribution in [2.45, 2.75) is 13.0 Å². The molecular weight excluding hydrogens is 446 g/mol. The van der Waals surface area contributed by atoms with E-state index >= 15 is 0 Å². The highest BCUT2D eigenvalue weighted by atomic mass is 16.2. The summed E-state index contributed by atoms with van der Waals surface area (Å²) in [6, 6.07) is 24.7. The van der Waals surface area contributed by atoms with Crippen molar-refractivity contribution in [1.82, 2.24) is 24.6 Å². The number of benzene rings is 2. The van der Waals surface area contributed by atoms with Gasteiger partial charge in [-0.1, -0.05) is 60.7 Å². The fourth-order valence-electron chi connectivity index (χ4n) is 4.53. The molecule has 6 nitrogen and oxygen atoms in total. The van der Waals surface area contributed by atoms with Crippen molar-refractivity contribution in [3.05, 3.63) is 114 Å². The molecule has 0 aliphatic carbocycles. The maximum absolute atomic E-state index is 13.0. The zero-order valence-corrected chi connectivity index (χ0v) is 20.4. The highest BCUT2D eigenvalue weighted by Gasteiger charge is 2.19. The highest BCUT2D eigenvalue weighted by molar-refractivity contribution is 5.92. The van der Waals surface area contributed by atoms with Crippen LogP contribution in [0.5, 0.6) is 0 Å². The third-order valence-corrected chi connectivity index (χ3v) is 6.56. The summed E-state index contributed by atoms with van der Waals surface area (Å²) in [5, 5.41) is 4.82. The Hall–Kier alpha value is -4.03. The largest absolute Gasteiger partial charge is 0.337 e. The summed E-state index contributed by atoms with van der Waals surface area (Å²) in [5.41, 5.74) is 5.21. The standard InChI is InChI=1S/C30H31N5O/c36-29(34-20-18-33(19-21-34)17-15-25-8-3-1-4-9-25)14-13-28-24-35(23-26-10-5-2-6-11-26)32-30(28)27-12-7-16-31-22-27/h1-14,16,22,24H,15,17-21,23H2/b14-13+. The summed E-state index contributed by atoms with van der Waals surface area (Å²) in [6.45, 7) is 5.00. The lowest BCUT2D eigenvalue weighted by Gasteiger charge is -2.34. The number of carbonyl (C=O) groups is 1. The summed E-state index contributed by atoms with van der Waals surface area (Å²) in [5.74, 6) is 0.0469. The Morgan fingerprint density at radius 1 is 0.861 bits per heavy atom. The second-order valence-corrected chi connectivity index (χ2v) is 9.09. The first kappa shape index (κ1) is 23.7. The van der Waals surface area contributed by atoms with E-state index in [2.05, 4.69) is 52.3 Å². The normalized spacial score (nSPS) is 14.4. The average Bonchev–Trinajstić information content (AvgIpc) is 3.35. The molecule has 1 saturated heterocycles. The Labute approximate surface area is 212 Å². The van der Waals surface area contributed by atoms with Gasteiger partial charge in [0, 0.05) is 68.5 Å². The van der Waals surface area contributed by atoms with Gasteiger partial charge in [0.2, 0.25) is 5.91 Å². The van der Waals surface area contributed by atoms with E-state index in [0.717, 1.165) is 56.0 Å². The van der Waals surface area contributed by atoms with Gasteiger partial charge in [0.1, 0.15) is 5.69 Å². The number of hydrogen-bond donors (Lipinski definition) is 0. The summed E-state index contributed by atoms with van der Waals surface area (Å²) in [7, 11) is 0. The van der Waals surface area contributed by atoms with E-state index in [9.17, 15) is 4.79 Å². The van der Waals surface area contributed by atoms with Crippen molar-refractivity contribution in [2.75, 3.05) is 32.7 Å². The Bertz CT molecular complexity index is 1280. The Morgan fingerprint density at radius 2 is 1.58 bits per heavy atom. The number of nitrogens with zero attached hydrogens (tertiary/aromatic N) is 5. The Balaban J connectivity index is 1.23. The molecular formula is C30H31N5O. The first-order valence-corrected chi connectivity index (χ1v) is 12.5. The number of piperazine rings is 1. The van der Waals surface area contributed by atoms with Gasteiger partial charge < -0.3 is 4.90 Å². The summed E-state index contributed by atoms with van der Waals surface area (Å²) in [4.78, 5) is 21.6. The van der Waals surface area contributed by atoms with E-state index in [0.29, 0.717) is 6.54 Å². The molecule has 5 rings (SSSR count). The number of rotatable bonds is 8. The Kier molecular flexibility index (Phi) is 7.64. The highest BCUT2D eigenvalue weighted by Crippen LogP contribution is 2.23. The number of pyridine rings is 1. The van der Waals surface area contributed by atoms with E-state index in [1.165, 1.54) is 11.1 Å². The van der Waals surface area contributed by atoms with Crippen molar-refractivity contribution < 1.29 is 4.79 Å². The molecule has 1 aliphatic heterocycles. The molecule has 0 radical (unpaired) electrons. The third-order valence-electron chi connectivity index (χ3n) is 6.56. The van der Waals surface area contributed by atoms with Crippen LogP contribution in [0.25, 0.3) is 17.3 Å². The van der Waals surface area contributed by atoms with E-state index in [1.807, 2.05) is 58.4 Å². The van der Waals surface area contributed by atoms with Crippen LogP contribution in [-0.2, 0) is 17.8 Å². The predicted octanol–water partition coefficient (Wildman–Crippen LogP) is 4.39. The minimum absolute atomic E-state index is 0.0469. The summed E-state index contributed by atoms with van der Waals surface area (Å²) < 4.78 is 1.92. The van der Waals surface area contributed by atoms with Crippen LogP contribution < -0.4 is 0 Å². The molecule has 0 atom stereocenters. The SMILES string of the molecule is O=C(/C=C/c1cn(Cc2ccccc2)nc1-c1cccnc1)N1CCN(CCc2ccccc2)CC1. The molecule has 1 amide bonds. The van der Waals surface area contributed by atoms with E-state index in [-0.39, 0.29) is 5.91 Å². The summed E-state index contributed by atoms with van der Waals surface area (Å²) in [6.07, 6.45) is 10.2. The molecule has 0 bridgehead atoms. The predicted molar refractivity (Wildman–Crippen MR) is 143 cm³/mol. The lowest BCUT2D eigenvalue weighted by Crippen LogP contribution is -2.48. The number of hydrogen-bond acceptors (Lipinski definition) is 4. The minimum Gasteiger partial charge on any atom is -0.337 e. The molecule has 2 aromatic heterocycles. The van der Waals surface area contributed by atoms with E-state index in [1.54, 1.807) is 12.3 Å². The van der Waals surface area contributed by atoms with Crippen molar-refractivity contribution >= 4 is 12.0 Å². The maximum atomic E-state index is 13.0. The average molecular weight is 478 g/mol. The van der Waals surface area contributed by atoms with Crippen LogP contribution in [-0.4, -0.2) is 63.2 Å². The zero-order valence-electron chi connectivity index (χ0n) is 20.4. The Morgan fingerprint density at radius 3 is 2.28 bits per heavy atom. The van der Waals surface area contributed by atoms with Gasteiger partial charge in [-0.05, 0) is 35.8 Å². The molecule has 0 N–H and O–H groups in total. The monoisotopic (exact) mass is 477 g/mol. The lowest BCUT2D eigenvalue weighted by molar-refractivity contribution is -0.127. The molecule has 36 heavy (non-hydrogen) atoms. The molecule has 182 valence electrons. The molecule has 0 spiro atoms. The number of carbonyl (C=O) groups excluding carboxylic acids is 1. The van der Waals surface area contributed by atoms with E-state index in [4.69, 9.17) is 5.10 Å². The molecule has 0 unspecified atom stereocenters. The maximum Gasteiger partial charge on any atom is 0.246 e. The van der Waals surface area contributed by atoms with Crippen molar-refractivity contribution in [3.8, 4) is 11.3 Å². The van der Waals surface area contributed by atoms with Crippen LogP contribution in [0.1, 0.15) is 16.7 Å². The first-order valence-electron chi connectivity index (χ1n) is 12.5. The first-order chi connectivity index (χ1) is 17.7. The van der Waals surface area contributed by atoms with Gasteiger partial charge in [0.05, 0.1) is 6.54 Å². The molecule has 1 aliphatic rings. The van der Waals surface area contributed by atoms with E-state index < -0.39 is 0 Å². The number of amides is 1. The van der Waals surface area contributed by atoms with Crippen LogP contribution >= 0.6 is 0 Å². The van der Waals surface area contributed by atoms with Crippen LogP contribution in [0.2, 0.25) is 0 Å². The van der Waals surface area contributed by atoms with Gasteiger partial charge in [-0.2, -0.15) is 5.10 Å². The molecule has 0 saturated carbocycles. The van der Waals surface area contributed by atoms with Gasteiger partial charge in [-0.3, -0.25) is 19.4 Å². The molecule has 4 aromatic rings. The van der Waals surface area contributed by atoms with Crippen molar-refractivity contribution in [3.63, 3.8) is 0 Å². The second kappa shape index (κ2) is 11.6. The fourth-order valence-corrected chi connectivity index (χ4v) is 4.53. The van der Waals surface area contributed by atoms with Crippen LogP contribution in [0.3, 0.4) is 0 Å². The molecule has 3 heterocycles. The second-order valence-electron chi connectivity index (χ2n) is 9.09. The van der Waals surface area contributed by atoms with Crippen molar-refractivity contribution in [1.29, 1.82) is 0 Å². The molecule has 6 heteroatoms. The molecule has 2 aromatic carbocycles. The van der Waals surface area contributed by atoms with Crippen LogP contribution in [0.4, 0.5) is 0 Å². The van der Waals surface area contributed by atoms with Gasteiger partial charge in [-0.15, -0.1) is 0 Å². The topological polar surface area (TPSA) is 54.3 Å².